The van der Waals surface area contributed by atoms with Crippen LogP contribution in [0.1, 0.15) is 5.89 Å². The monoisotopic (exact) mass is 338 g/mol. The standard InChI is InChI=1S/C15H9ClF2N2OS/c16-10-3-1-9(2-4-10)15-19-14(21-20-15)8-22-13-7-11(17)5-6-12(13)18/h1-7H,8H2. The first-order valence-corrected chi connectivity index (χ1v) is 7.64. The Morgan fingerprint density at radius 2 is 1.86 bits per heavy atom. The van der Waals surface area contributed by atoms with E-state index in [4.69, 9.17) is 16.1 Å². The Morgan fingerprint density at radius 3 is 2.64 bits per heavy atom. The van der Waals surface area contributed by atoms with Gasteiger partial charge in [0, 0.05) is 15.5 Å². The molecule has 0 aliphatic carbocycles. The number of halogens is 3. The Kier molecular flexibility index (Phi) is 4.40. The van der Waals surface area contributed by atoms with Crippen LogP contribution < -0.4 is 0 Å². The summed E-state index contributed by atoms with van der Waals surface area (Å²) in [5, 5.41) is 4.47. The SMILES string of the molecule is Fc1ccc(F)c(SCc2nc(-c3ccc(Cl)cc3)no2)c1. The Balaban J connectivity index is 1.72. The van der Waals surface area contributed by atoms with Crippen LogP contribution >= 0.6 is 23.4 Å². The summed E-state index contributed by atoms with van der Waals surface area (Å²) in [5.74, 6) is 0.0340. The van der Waals surface area contributed by atoms with Crippen molar-refractivity contribution in [1.82, 2.24) is 10.1 Å². The second kappa shape index (κ2) is 6.46. The number of aromatic nitrogens is 2. The molecule has 3 rings (SSSR count). The Morgan fingerprint density at radius 1 is 1.09 bits per heavy atom. The van der Waals surface area contributed by atoms with Crippen LogP contribution in [0.2, 0.25) is 5.02 Å². The highest BCUT2D eigenvalue weighted by atomic mass is 35.5. The summed E-state index contributed by atoms with van der Waals surface area (Å²) in [6.07, 6.45) is 0. The molecule has 0 aliphatic heterocycles. The zero-order chi connectivity index (χ0) is 15.5. The highest BCUT2D eigenvalue weighted by Crippen LogP contribution is 2.27. The topological polar surface area (TPSA) is 38.9 Å². The van der Waals surface area contributed by atoms with Crippen molar-refractivity contribution in [2.45, 2.75) is 10.6 Å². The minimum atomic E-state index is -0.490. The van der Waals surface area contributed by atoms with Crippen LogP contribution in [0, 0.1) is 11.6 Å². The van der Waals surface area contributed by atoms with E-state index in [1.165, 1.54) is 0 Å². The van der Waals surface area contributed by atoms with Crippen LogP contribution in [-0.2, 0) is 5.75 Å². The molecule has 0 radical (unpaired) electrons. The van der Waals surface area contributed by atoms with E-state index >= 15 is 0 Å². The fourth-order valence-corrected chi connectivity index (χ4v) is 2.68. The average Bonchev–Trinajstić information content (AvgIpc) is 2.98. The van der Waals surface area contributed by atoms with Crippen molar-refractivity contribution in [2.75, 3.05) is 0 Å². The van der Waals surface area contributed by atoms with Crippen LogP contribution in [-0.4, -0.2) is 10.1 Å². The predicted molar refractivity (Wildman–Crippen MR) is 80.7 cm³/mol. The van der Waals surface area contributed by atoms with Gasteiger partial charge in [-0.2, -0.15) is 4.98 Å². The van der Waals surface area contributed by atoms with Gasteiger partial charge in [0.1, 0.15) is 11.6 Å². The van der Waals surface area contributed by atoms with Gasteiger partial charge in [0.2, 0.25) is 11.7 Å². The van der Waals surface area contributed by atoms with Gasteiger partial charge in [-0.1, -0.05) is 16.8 Å². The van der Waals surface area contributed by atoms with E-state index in [0.29, 0.717) is 16.7 Å². The number of hydrogen-bond donors (Lipinski definition) is 0. The molecule has 0 fully saturated rings. The smallest absolute Gasteiger partial charge is 0.237 e. The molecule has 0 aliphatic rings. The number of nitrogens with zero attached hydrogens (tertiary/aromatic N) is 2. The number of thioether (sulfide) groups is 1. The van der Waals surface area contributed by atoms with Crippen LogP contribution in [0.4, 0.5) is 8.78 Å². The number of hydrogen-bond acceptors (Lipinski definition) is 4. The normalized spacial score (nSPS) is 10.9. The number of benzene rings is 2. The summed E-state index contributed by atoms with van der Waals surface area (Å²) in [6.45, 7) is 0. The zero-order valence-electron chi connectivity index (χ0n) is 11.1. The molecule has 0 amide bonds. The Labute approximate surface area is 134 Å². The first-order valence-electron chi connectivity index (χ1n) is 6.28. The van der Waals surface area contributed by atoms with Gasteiger partial charge in [-0.3, -0.25) is 0 Å². The molecule has 22 heavy (non-hydrogen) atoms. The van der Waals surface area contributed by atoms with Gasteiger partial charge in [0.25, 0.3) is 0 Å². The summed E-state index contributed by atoms with van der Waals surface area (Å²) in [7, 11) is 0. The van der Waals surface area contributed by atoms with Gasteiger partial charge in [0.15, 0.2) is 0 Å². The molecule has 0 saturated carbocycles. The summed E-state index contributed by atoms with van der Waals surface area (Å²) in [5.41, 5.74) is 0.765. The lowest BCUT2D eigenvalue weighted by Gasteiger charge is -2.00. The maximum atomic E-state index is 13.5. The average molecular weight is 339 g/mol. The first-order chi connectivity index (χ1) is 10.6. The van der Waals surface area contributed by atoms with Crippen LogP contribution in [0.25, 0.3) is 11.4 Å². The molecule has 2 aromatic carbocycles. The quantitative estimate of drug-likeness (QED) is 0.630. The molecular formula is C15H9ClF2N2OS. The molecule has 0 spiro atoms. The maximum absolute atomic E-state index is 13.5. The Bertz CT molecular complexity index is 792. The van der Waals surface area contributed by atoms with Gasteiger partial charge in [-0.15, -0.1) is 11.8 Å². The van der Waals surface area contributed by atoms with Crippen LogP contribution in [0.5, 0.6) is 0 Å². The third-order valence-corrected chi connectivity index (χ3v) is 4.08. The van der Waals surface area contributed by atoms with Gasteiger partial charge >= 0.3 is 0 Å². The highest BCUT2D eigenvalue weighted by molar-refractivity contribution is 7.98. The summed E-state index contributed by atoms with van der Waals surface area (Å²) < 4.78 is 31.7. The van der Waals surface area contributed by atoms with Crippen molar-refractivity contribution >= 4 is 23.4 Å². The summed E-state index contributed by atoms with van der Waals surface area (Å²) in [6, 6.07) is 10.3. The van der Waals surface area contributed by atoms with Gasteiger partial charge < -0.3 is 4.52 Å². The Hall–Kier alpha value is -1.92. The molecule has 1 heterocycles. The molecule has 7 heteroatoms. The van der Waals surface area contributed by atoms with E-state index in [-0.39, 0.29) is 10.6 Å². The minimum absolute atomic E-state index is 0.200. The lowest BCUT2D eigenvalue weighted by atomic mass is 10.2. The van der Waals surface area contributed by atoms with Crippen LogP contribution in [0.15, 0.2) is 51.9 Å². The molecule has 0 bridgehead atoms. The lowest BCUT2D eigenvalue weighted by molar-refractivity contribution is 0.391. The van der Waals surface area contributed by atoms with Crippen molar-refractivity contribution in [3.63, 3.8) is 0 Å². The highest BCUT2D eigenvalue weighted by Gasteiger charge is 2.11. The third kappa shape index (κ3) is 3.45. The molecule has 0 atom stereocenters. The van der Waals surface area contributed by atoms with E-state index in [1.54, 1.807) is 24.3 Å². The van der Waals surface area contributed by atoms with Crippen molar-refractivity contribution in [3.8, 4) is 11.4 Å². The van der Waals surface area contributed by atoms with E-state index in [9.17, 15) is 8.78 Å². The minimum Gasteiger partial charge on any atom is -0.338 e. The van der Waals surface area contributed by atoms with Crippen molar-refractivity contribution in [3.05, 3.63) is 65.0 Å². The van der Waals surface area contributed by atoms with Crippen molar-refractivity contribution in [2.24, 2.45) is 0 Å². The second-order valence-corrected chi connectivity index (χ2v) is 5.84. The molecule has 0 saturated heterocycles. The molecule has 112 valence electrons. The molecule has 3 nitrogen and oxygen atoms in total. The van der Waals surface area contributed by atoms with Crippen LogP contribution in [0.3, 0.4) is 0 Å². The maximum Gasteiger partial charge on any atom is 0.237 e. The van der Waals surface area contributed by atoms with E-state index in [1.807, 2.05) is 0 Å². The summed E-state index contributed by atoms with van der Waals surface area (Å²) in [4.78, 5) is 4.42. The third-order valence-electron chi connectivity index (χ3n) is 2.81. The second-order valence-electron chi connectivity index (χ2n) is 4.38. The largest absolute Gasteiger partial charge is 0.338 e. The molecular weight excluding hydrogens is 330 g/mol. The predicted octanol–water partition coefficient (Wildman–Crippen LogP) is 4.96. The van der Waals surface area contributed by atoms with E-state index in [0.717, 1.165) is 35.5 Å². The first kappa shape index (κ1) is 15.0. The van der Waals surface area contributed by atoms with Gasteiger partial charge in [-0.05, 0) is 42.5 Å². The molecule has 1 aromatic heterocycles. The molecule has 3 aromatic rings. The van der Waals surface area contributed by atoms with Gasteiger partial charge in [-0.25, -0.2) is 8.78 Å². The fraction of sp³-hybridized carbons (Fsp3) is 0.0667. The lowest BCUT2D eigenvalue weighted by Crippen LogP contribution is -1.86. The molecule has 0 unspecified atom stereocenters. The number of rotatable bonds is 4. The van der Waals surface area contributed by atoms with E-state index in [2.05, 4.69) is 10.1 Å². The van der Waals surface area contributed by atoms with E-state index < -0.39 is 11.6 Å². The summed E-state index contributed by atoms with van der Waals surface area (Å²) >= 11 is 6.91. The molecule has 0 N–H and O–H groups in total. The van der Waals surface area contributed by atoms with Crippen molar-refractivity contribution in [1.29, 1.82) is 0 Å². The zero-order valence-corrected chi connectivity index (χ0v) is 12.7. The van der Waals surface area contributed by atoms with Crippen molar-refractivity contribution < 1.29 is 13.3 Å². The fourth-order valence-electron chi connectivity index (χ4n) is 1.76. The van der Waals surface area contributed by atoms with Gasteiger partial charge in [0.05, 0.1) is 5.75 Å².